The van der Waals surface area contributed by atoms with E-state index in [-0.39, 0.29) is 6.03 Å². The third-order valence-corrected chi connectivity index (χ3v) is 8.97. The number of piperidine rings is 1. The minimum atomic E-state index is -3.42. The summed E-state index contributed by atoms with van der Waals surface area (Å²) >= 11 is 1.63. The number of hydrogen-bond donors (Lipinski definition) is 1. The Balaban J connectivity index is 1.36. The van der Waals surface area contributed by atoms with E-state index in [0.717, 1.165) is 22.5 Å². The highest BCUT2D eigenvalue weighted by Gasteiger charge is 2.32. The van der Waals surface area contributed by atoms with Crippen LogP contribution in [0.3, 0.4) is 0 Å². The number of rotatable bonds is 5. The second-order valence-corrected chi connectivity index (χ2v) is 10.9. The van der Waals surface area contributed by atoms with E-state index in [4.69, 9.17) is 0 Å². The molecular weight excluding hydrogens is 428 g/mol. The highest BCUT2D eigenvalue weighted by molar-refractivity contribution is 7.92. The first kappa shape index (κ1) is 21.6. The number of carbonyl (C=O) groups excluding carboxylic acids is 1. The smallest absolute Gasteiger partial charge is 0.321 e. The van der Waals surface area contributed by atoms with Gasteiger partial charge in [0.1, 0.15) is 0 Å². The molecule has 4 rings (SSSR count). The van der Waals surface area contributed by atoms with Crippen LogP contribution >= 0.6 is 11.3 Å². The molecule has 7 heteroatoms. The molecule has 0 aliphatic carbocycles. The molecule has 5 nitrogen and oxygen atoms in total. The van der Waals surface area contributed by atoms with E-state index in [1.807, 2.05) is 53.9 Å². The predicted molar refractivity (Wildman–Crippen MR) is 126 cm³/mol. The summed E-state index contributed by atoms with van der Waals surface area (Å²) in [4.78, 5) is 15.7. The summed E-state index contributed by atoms with van der Waals surface area (Å²) in [7, 11) is -3.42. The molecule has 1 aromatic heterocycles. The molecule has 2 heterocycles. The van der Waals surface area contributed by atoms with Gasteiger partial charge in [-0.05, 0) is 66.1 Å². The van der Waals surface area contributed by atoms with Crippen molar-refractivity contribution in [2.24, 2.45) is 0 Å². The number of hydrogen-bond acceptors (Lipinski definition) is 4. The maximum absolute atomic E-state index is 13.1. The van der Waals surface area contributed by atoms with Crippen LogP contribution in [-0.4, -0.2) is 37.7 Å². The van der Waals surface area contributed by atoms with Gasteiger partial charge in [-0.1, -0.05) is 37.3 Å². The van der Waals surface area contributed by atoms with Gasteiger partial charge in [-0.3, -0.25) is 0 Å². The number of anilines is 1. The van der Waals surface area contributed by atoms with E-state index in [2.05, 4.69) is 12.2 Å². The van der Waals surface area contributed by atoms with Gasteiger partial charge in [0.25, 0.3) is 0 Å². The van der Waals surface area contributed by atoms with Crippen LogP contribution in [-0.2, 0) is 16.3 Å². The maximum Gasteiger partial charge on any atom is 0.321 e. The fourth-order valence-electron chi connectivity index (χ4n) is 3.84. The van der Waals surface area contributed by atoms with Crippen molar-refractivity contribution in [2.45, 2.75) is 36.3 Å². The van der Waals surface area contributed by atoms with Crippen molar-refractivity contribution in [3.05, 3.63) is 71.6 Å². The standard InChI is InChI=1S/C24H26N2O3S2/c1-2-18-5-9-20(10-6-18)25-24(27)26-15-13-22(14-16-26)31(28,29)21-11-7-19(8-12-21)23-4-3-17-30-23/h3-12,17,22H,2,13-16H2,1H3,(H,25,27). The molecule has 2 aromatic carbocycles. The van der Waals surface area contributed by atoms with Gasteiger partial charge in [-0.25, -0.2) is 13.2 Å². The lowest BCUT2D eigenvalue weighted by Crippen LogP contribution is -2.44. The van der Waals surface area contributed by atoms with Crippen LogP contribution in [0.2, 0.25) is 0 Å². The fraction of sp³-hybridized carbons (Fsp3) is 0.292. The van der Waals surface area contributed by atoms with E-state index in [1.54, 1.807) is 28.4 Å². The largest absolute Gasteiger partial charge is 0.324 e. The Labute approximate surface area is 187 Å². The summed E-state index contributed by atoms with van der Waals surface area (Å²) < 4.78 is 26.2. The maximum atomic E-state index is 13.1. The zero-order valence-corrected chi connectivity index (χ0v) is 19.1. The molecule has 0 saturated carbocycles. The van der Waals surface area contributed by atoms with E-state index in [9.17, 15) is 13.2 Å². The van der Waals surface area contributed by atoms with Crippen LogP contribution in [0.4, 0.5) is 10.5 Å². The van der Waals surface area contributed by atoms with Gasteiger partial charge < -0.3 is 10.2 Å². The van der Waals surface area contributed by atoms with Crippen LogP contribution in [0.25, 0.3) is 10.4 Å². The van der Waals surface area contributed by atoms with Crippen molar-refractivity contribution in [1.29, 1.82) is 0 Å². The Morgan fingerprint density at radius 2 is 1.71 bits per heavy atom. The second kappa shape index (κ2) is 9.24. The highest BCUT2D eigenvalue weighted by Crippen LogP contribution is 2.29. The average Bonchev–Trinajstić information content (AvgIpc) is 3.35. The molecule has 3 aromatic rings. The van der Waals surface area contributed by atoms with Crippen LogP contribution in [0.15, 0.2) is 70.9 Å². The zero-order chi connectivity index (χ0) is 21.8. The highest BCUT2D eigenvalue weighted by atomic mass is 32.2. The van der Waals surface area contributed by atoms with Gasteiger partial charge in [-0.2, -0.15) is 0 Å². The number of likely N-dealkylation sites (tertiary alicyclic amines) is 1. The molecule has 162 valence electrons. The van der Waals surface area contributed by atoms with Gasteiger partial charge in [-0.15, -0.1) is 11.3 Å². The Morgan fingerprint density at radius 1 is 1.03 bits per heavy atom. The number of benzene rings is 2. The number of aryl methyl sites for hydroxylation is 1. The topological polar surface area (TPSA) is 66.5 Å². The summed E-state index contributed by atoms with van der Waals surface area (Å²) in [6.07, 6.45) is 1.83. The lowest BCUT2D eigenvalue weighted by Gasteiger charge is -2.31. The molecular formula is C24H26N2O3S2. The van der Waals surface area contributed by atoms with E-state index < -0.39 is 15.1 Å². The molecule has 1 aliphatic rings. The molecule has 1 N–H and O–H groups in total. The summed E-state index contributed by atoms with van der Waals surface area (Å²) in [5.41, 5.74) is 2.99. The number of carbonyl (C=O) groups is 1. The lowest BCUT2D eigenvalue weighted by molar-refractivity contribution is 0.200. The Kier molecular flexibility index (Phi) is 6.43. The number of thiophene rings is 1. The molecule has 0 unspecified atom stereocenters. The monoisotopic (exact) mass is 454 g/mol. The molecule has 1 aliphatic heterocycles. The quantitative estimate of drug-likeness (QED) is 0.558. The van der Waals surface area contributed by atoms with Gasteiger partial charge >= 0.3 is 6.03 Å². The van der Waals surface area contributed by atoms with Gasteiger partial charge in [0, 0.05) is 23.7 Å². The van der Waals surface area contributed by atoms with E-state index in [0.29, 0.717) is 30.8 Å². The Morgan fingerprint density at radius 3 is 2.29 bits per heavy atom. The average molecular weight is 455 g/mol. The molecule has 2 amide bonds. The summed E-state index contributed by atoms with van der Waals surface area (Å²) in [5.74, 6) is 0. The minimum Gasteiger partial charge on any atom is -0.324 e. The van der Waals surface area contributed by atoms with E-state index >= 15 is 0 Å². The SMILES string of the molecule is CCc1ccc(NC(=O)N2CCC(S(=O)(=O)c3ccc(-c4cccs4)cc3)CC2)cc1. The molecule has 0 spiro atoms. The number of sulfone groups is 1. The van der Waals surface area contributed by atoms with Crippen molar-refractivity contribution in [2.75, 3.05) is 18.4 Å². The fourth-order valence-corrected chi connectivity index (χ4v) is 6.30. The number of urea groups is 1. The van der Waals surface area contributed by atoms with Crippen molar-refractivity contribution >= 4 is 32.9 Å². The normalized spacial score (nSPS) is 15.1. The van der Waals surface area contributed by atoms with Crippen molar-refractivity contribution in [3.63, 3.8) is 0 Å². The molecule has 1 fully saturated rings. The van der Waals surface area contributed by atoms with Gasteiger partial charge in [0.05, 0.1) is 10.1 Å². The molecule has 31 heavy (non-hydrogen) atoms. The van der Waals surface area contributed by atoms with Crippen molar-refractivity contribution < 1.29 is 13.2 Å². The summed E-state index contributed by atoms with van der Waals surface area (Å²) in [5, 5.41) is 4.45. The number of amides is 2. The van der Waals surface area contributed by atoms with E-state index in [1.165, 1.54) is 5.56 Å². The van der Waals surface area contributed by atoms with Crippen LogP contribution in [0.1, 0.15) is 25.3 Å². The van der Waals surface area contributed by atoms with Crippen molar-refractivity contribution in [3.8, 4) is 10.4 Å². The Bertz CT molecular complexity index is 1110. The third kappa shape index (κ3) is 4.83. The first-order valence-electron chi connectivity index (χ1n) is 10.5. The van der Waals surface area contributed by atoms with Crippen LogP contribution in [0, 0.1) is 0 Å². The van der Waals surface area contributed by atoms with Crippen LogP contribution in [0.5, 0.6) is 0 Å². The number of nitrogens with zero attached hydrogens (tertiary/aromatic N) is 1. The zero-order valence-electron chi connectivity index (χ0n) is 17.5. The first-order chi connectivity index (χ1) is 15.0. The molecule has 0 atom stereocenters. The first-order valence-corrected chi connectivity index (χ1v) is 12.9. The summed E-state index contributed by atoms with van der Waals surface area (Å²) in [6.45, 7) is 2.94. The van der Waals surface area contributed by atoms with Gasteiger partial charge in [0.2, 0.25) is 0 Å². The Hall–Kier alpha value is -2.64. The minimum absolute atomic E-state index is 0.180. The second-order valence-electron chi connectivity index (χ2n) is 7.71. The summed E-state index contributed by atoms with van der Waals surface area (Å²) in [6, 6.07) is 18.7. The lowest BCUT2D eigenvalue weighted by atomic mass is 10.1. The van der Waals surface area contributed by atoms with Crippen LogP contribution < -0.4 is 5.32 Å². The molecule has 0 radical (unpaired) electrons. The van der Waals surface area contributed by atoms with Crippen molar-refractivity contribution in [1.82, 2.24) is 4.90 Å². The third-order valence-electron chi connectivity index (χ3n) is 5.77. The molecule has 0 bridgehead atoms. The predicted octanol–water partition coefficient (Wildman–Crippen LogP) is 5.45. The van der Waals surface area contributed by atoms with Gasteiger partial charge in [0.15, 0.2) is 9.84 Å². The number of nitrogens with one attached hydrogen (secondary N) is 1. The molecule has 1 saturated heterocycles.